The standard InChI is InChI=1S/C20H17F6N3O2/c21-19(22,23)14-4-2-1-3-13(14)10-5-11-8-29(9-12(11)6-10)18-27-15(17(30)31)7-16(28-18)20(24,25)26/h1-4,7,10-12H,5-6,8-9H2,(H,30,31)/t10-,11-,12+. The van der Waals surface area contributed by atoms with Crippen molar-refractivity contribution in [3.8, 4) is 0 Å². The van der Waals surface area contributed by atoms with Crippen molar-refractivity contribution in [3.63, 3.8) is 0 Å². The van der Waals surface area contributed by atoms with Crippen molar-refractivity contribution in [1.82, 2.24) is 9.97 Å². The van der Waals surface area contributed by atoms with Crippen LogP contribution in [0.4, 0.5) is 32.3 Å². The van der Waals surface area contributed by atoms with Gasteiger partial charge in [-0.15, -0.1) is 0 Å². The number of benzene rings is 1. The lowest BCUT2D eigenvalue weighted by molar-refractivity contribution is -0.141. The molecule has 1 aliphatic heterocycles. The van der Waals surface area contributed by atoms with Gasteiger partial charge in [0.15, 0.2) is 11.4 Å². The largest absolute Gasteiger partial charge is 0.477 e. The lowest BCUT2D eigenvalue weighted by atomic mass is 9.91. The van der Waals surface area contributed by atoms with Gasteiger partial charge >= 0.3 is 18.3 Å². The Morgan fingerprint density at radius 1 is 0.968 bits per heavy atom. The van der Waals surface area contributed by atoms with Gasteiger partial charge in [-0.05, 0) is 42.2 Å². The smallest absolute Gasteiger partial charge is 0.433 e. The number of carbonyl (C=O) groups is 1. The lowest BCUT2D eigenvalue weighted by Crippen LogP contribution is -2.26. The Morgan fingerprint density at radius 2 is 1.58 bits per heavy atom. The fourth-order valence-electron chi connectivity index (χ4n) is 4.66. The quantitative estimate of drug-likeness (QED) is 0.685. The molecule has 1 saturated heterocycles. The van der Waals surface area contributed by atoms with Crippen LogP contribution in [0, 0.1) is 11.8 Å². The molecule has 0 radical (unpaired) electrons. The third-order valence-electron chi connectivity index (χ3n) is 5.96. The zero-order chi connectivity index (χ0) is 22.6. The number of halogens is 6. The summed E-state index contributed by atoms with van der Waals surface area (Å²) < 4.78 is 79.4. The van der Waals surface area contributed by atoms with Gasteiger partial charge in [0.25, 0.3) is 0 Å². The first-order chi connectivity index (χ1) is 14.4. The minimum atomic E-state index is -4.83. The Hall–Kier alpha value is -2.85. The van der Waals surface area contributed by atoms with Crippen molar-refractivity contribution >= 4 is 11.9 Å². The van der Waals surface area contributed by atoms with Crippen LogP contribution in [0.25, 0.3) is 0 Å². The lowest BCUT2D eigenvalue weighted by Gasteiger charge is -2.22. The van der Waals surface area contributed by atoms with E-state index in [-0.39, 0.29) is 42.4 Å². The zero-order valence-electron chi connectivity index (χ0n) is 15.9. The van der Waals surface area contributed by atoms with Gasteiger partial charge in [0.2, 0.25) is 5.95 Å². The number of hydrogen-bond acceptors (Lipinski definition) is 4. The Bertz CT molecular complexity index is 993. The molecule has 31 heavy (non-hydrogen) atoms. The highest BCUT2D eigenvalue weighted by molar-refractivity contribution is 5.85. The van der Waals surface area contributed by atoms with Gasteiger partial charge in [0.05, 0.1) is 5.56 Å². The number of aromatic nitrogens is 2. The molecule has 1 N–H and O–H groups in total. The molecule has 1 aromatic carbocycles. The SMILES string of the molecule is O=C(O)c1cc(C(F)(F)F)nc(N2C[C@H]3C[C@@H](c4ccccc4C(F)(F)F)C[C@H]3C2)n1. The number of aromatic carboxylic acids is 1. The Balaban J connectivity index is 1.55. The highest BCUT2D eigenvalue weighted by Crippen LogP contribution is 2.49. The van der Waals surface area contributed by atoms with Crippen LogP contribution in [0.15, 0.2) is 30.3 Å². The number of alkyl halides is 6. The van der Waals surface area contributed by atoms with Gasteiger partial charge in [-0.3, -0.25) is 0 Å². The molecule has 1 aromatic heterocycles. The average Bonchev–Trinajstić information content (AvgIpc) is 3.25. The zero-order valence-corrected chi connectivity index (χ0v) is 15.9. The van der Waals surface area contributed by atoms with E-state index in [0.29, 0.717) is 18.9 Å². The van der Waals surface area contributed by atoms with Crippen molar-refractivity contribution in [2.45, 2.75) is 31.1 Å². The minimum absolute atomic E-state index is 0.0438. The summed E-state index contributed by atoms with van der Waals surface area (Å²) in [6.07, 6.45) is -8.37. The predicted molar refractivity (Wildman–Crippen MR) is 96.6 cm³/mol. The van der Waals surface area contributed by atoms with Crippen LogP contribution < -0.4 is 4.90 Å². The maximum absolute atomic E-state index is 13.3. The summed E-state index contributed by atoms with van der Waals surface area (Å²) in [5.74, 6) is -2.31. The second-order valence-electron chi connectivity index (χ2n) is 7.92. The fourth-order valence-corrected chi connectivity index (χ4v) is 4.66. The van der Waals surface area contributed by atoms with Crippen LogP contribution in [-0.2, 0) is 12.4 Å². The van der Waals surface area contributed by atoms with Gasteiger partial charge in [-0.1, -0.05) is 18.2 Å². The van der Waals surface area contributed by atoms with Crippen molar-refractivity contribution < 1.29 is 36.2 Å². The molecule has 166 valence electrons. The first kappa shape index (κ1) is 21.4. The summed E-state index contributed by atoms with van der Waals surface area (Å²) in [7, 11) is 0. The normalized spacial score (nSPS) is 23.8. The summed E-state index contributed by atoms with van der Waals surface area (Å²) in [4.78, 5) is 19.9. The van der Waals surface area contributed by atoms with E-state index in [1.165, 1.54) is 17.0 Å². The summed E-state index contributed by atoms with van der Waals surface area (Å²) in [5, 5.41) is 9.09. The first-order valence-corrected chi connectivity index (χ1v) is 9.54. The monoisotopic (exact) mass is 445 g/mol. The van der Waals surface area contributed by atoms with E-state index in [9.17, 15) is 31.1 Å². The second-order valence-corrected chi connectivity index (χ2v) is 7.92. The van der Waals surface area contributed by atoms with Crippen LogP contribution in [0.5, 0.6) is 0 Å². The van der Waals surface area contributed by atoms with Crippen LogP contribution in [0.3, 0.4) is 0 Å². The number of nitrogens with zero attached hydrogens (tertiary/aromatic N) is 3. The molecular weight excluding hydrogens is 428 g/mol. The fraction of sp³-hybridized carbons (Fsp3) is 0.450. The summed E-state index contributed by atoms with van der Waals surface area (Å²) in [6.45, 7) is 0.519. The van der Waals surface area contributed by atoms with E-state index in [4.69, 9.17) is 5.11 Å². The van der Waals surface area contributed by atoms with Crippen molar-refractivity contribution in [3.05, 3.63) is 52.8 Å². The number of rotatable bonds is 3. The van der Waals surface area contributed by atoms with E-state index in [1.807, 2.05) is 0 Å². The van der Waals surface area contributed by atoms with Gasteiger partial charge in [-0.25, -0.2) is 14.8 Å². The molecule has 0 spiro atoms. The van der Waals surface area contributed by atoms with Gasteiger partial charge in [0, 0.05) is 19.2 Å². The Morgan fingerprint density at radius 3 is 2.13 bits per heavy atom. The molecule has 2 aliphatic rings. The highest BCUT2D eigenvalue weighted by atomic mass is 19.4. The van der Waals surface area contributed by atoms with E-state index < -0.39 is 35.3 Å². The van der Waals surface area contributed by atoms with Gasteiger partial charge < -0.3 is 10.0 Å². The molecule has 5 nitrogen and oxygen atoms in total. The molecule has 0 amide bonds. The summed E-state index contributed by atoms with van der Waals surface area (Å²) in [6, 6.07) is 5.82. The first-order valence-electron chi connectivity index (χ1n) is 9.54. The van der Waals surface area contributed by atoms with E-state index >= 15 is 0 Å². The van der Waals surface area contributed by atoms with E-state index in [1.54, 1.807) is 6.07 Å². The number of fused-ring (bicyclic) bond motifs is 1. The topological polar surface area (TPSA) is 66.3 Å². The van der Waals surface area contributed by atoms with Crippen LogP contribution in [-0.4, -0.2) is 34.1 Å². The van der Waals surface area contributed by atoms with Crippen LogP contribution in [0.1, 0.15) is 46.1 Å². The molecule has 1 aliphatic carbocycles. The Kier molecular flexibility index (Phi) is 5.09. The molecule has 2 heterocycles. The number of carboxylic acid groups (broad SMARTS) is 1. The molecule has 0 bridgehead atoms. The van der Waals surface area contributed by atoms with Crippen LogP contribution in [0.2, 0.25) is 0 Å². The Labute approximate surface area is 172 Å². The van der Waals surface area contributed by atoms with Crippen LogP contribution >= 0.6 is 0 Å². The van der Waals surface area contributed by atoms with Gasteiger partial charge in [-0.2, -0.15) is 26.3 Å². The molecule has 0 unspecified atom stereocenters. The summed E-state index contributed by atoms with van der Waals surface area (Å²) >= 11 is 0. The molecule has 11 heteroatoms. The molecule has 1 saturated carbocycles. The maximum atomic E-state index is 13.3. The molecule has 4 rings (SSSR count). The highest BCUT2D eigenvalue weighted by Gasteiger charge is 2.45. The molecule has 2 aromatic rings. The maximum Gasteiger partial charge on any atom is 0.433 e. The third kappa shape index (κ3) is 4.17. The average molecular weight is 445 g/mol. The molecule has 2 fully saturated rings. The molecular formula is C20H17F6N3O2. The number of hydrogen-bond donors (Lipinski definition) is 1. The van der Waals surface area contributed by atoms with Crippen molar-refractivity contribution in [1.29, 1.82) is 0 Å². The molecule has 3 atom stereocenters. The number of carboxylic acids is 1. The van der Waals surface area contributed by atoms with E-state index in [0.717, 1.165) is 6.07 Å². The minimum Gasteiger partial charge on any atom is -0.477 e. The summed E-state index contributed by atoms with van der Waals surface area (Å²) in [5.41, 5.74) is -2.53. The van der Waals surface area contributed by atoms with Crippen molar-refractivity contribution in [2.24, 2.45) is 11.8 Å². The second kappa shape index (κ2) is 7.38. The third-order valence-corrected chi connectivity index (χ3v) is 5.96. The predicted octanol–water partition coefficient (Wildman–Crippen LogP) is 4.84. The van der Waals surface area contributed by atoms with E-state index in [2.05, 4.69) is 9.97 Å². The number of anilines is 1. The van der Waals surface area contributed by atoms with Gasteiger partial charge in [0.1, 0.15) is 0 Å². The van der Waals surface area contributed by atoms with Crippen molar-refractivity contribution in [2.75, 3.05) is 18.0 Å².